The van der Waals surface area contributed by atoms with E-state index >= 15 is 0 Å². The van der Waals surface area contributed by atoms with Gasteiger partial charge in [-0.2, -0.15) is 5.10 Å². The van der Waals surface area contributed by atoms with Crippen LogP contribution >= 0.6 is 0 Å². The molecule has 0 radical (unpaired) electrons. The third kappa shape index (κ3) is 3.63. The monoisotopic (exact) mass is 298 g/mol. The van der Waals surface area contributed by atoms with Crippen molar-refractivity contribution in [2.45, 2.75) is 32.2 Å². The average molecular weight is 298 g/mol. The van der Waals surface area contributed by atoms with Crippen LogP contribution in [-0.2, 0) is 6.54 Å². The van der Waals surface area contributed by atoms with Gasteiger partial charge in [0.25, 0.3) is 0 Å². The molecule has 3 rings (SSSR count). The van der Waals surface area contributed by atoms with Crippen LogP contribution in [0.4, 0.5) is 0 Å². The Balaban J connectivity index is 1.67. The van der Waals surface area contributed by atoms with Gasteiger partial charge in [0.15, 0.2) is 11.8 Å². The second-order valence-corrected chi connectivity index (χ2v) is 5.61. The van der Waals surface area contributed by atoms with E-state index < -0.39 is 0 Å². The third-order valence-corrected chi connectivity index (χ3v) is 3.97. The highest BCUT2D eigenvalue weighted by Crippen LogP contribution is 2.16. The maximum absolute atomic E-state index is 6.15. The summed E-state index contributed by atoms with van der Waals surface area (Å²) in [6, 6.07) is 8.13. The van der Waals surface area contributed by atoms with E-state index in [0.717, 1.165) is 30.0 Å². The summed E-state index contributed by atoms with van der Waals surface area (Å²) >= 11 is 0. The van der Waals surface area contributed by atoms with E-state index in [1.165, 1.54) is 32.0 Å². The fraction of sp³-hybridized carbons (Fsp3) is 0.438. The molecule has 0 amide bonds. The quantitative estimate of drug-likeness (QED) is 0.672. The Kier molecular flexibility index (Phi) is 4.68. The Hall–Kier alpha value is -2.37. The van der Waals surface area contributed by atoms with E-state index in [-0.39, 0.29) is 0 Å². The number of benzene rings is 1. The highest BCUT2D eigenvalue weighted by molar-refractivity contribution is 5.78. The minimum atomic E-state index is 0.588. The molecular weight excluding hydrogens is 276 g/mol. The van der Waals surface area contributed by atoms with Crippen molar-refractivity contribution >= 4 is 5.96 Å². The fourth-order valence-corrected chi connectivity index (χ4v) is 2.73. The van der Waals surface area contributed by atoms with Gasteiger partial charge in [0.05, 0.1) is 6.54 Å². The Bertz CT molecular complexity index is 611. The van der Waals surface area contributed by atoms with Gasteiger partial charge in [0.2, 0.25) is 0 Å². The molecule has 0 aliphatic carbocycles. The third-order valence-electron chi connectivity index (χ3n) is 3.97. The minimum absolute atomic E-state index is 0.588. The zero-order valence-corrected chi connectivity index (χ0v) is 12.7. The lowest BCUT2D eigenvalue weighted by Gasteiger charge is -2.21. The van der Waals surface area contributed by atoms with Gasteiger partial charge in [-0.25, -0.2) is 9.98 Å². The molecule has 0 unspecified atom stereocenters. The molecule has 2 aromatic rings. The van der Waals surface area contributed by atoms with E-state index in [2.05, 4.69) is 37.2 Å². The molecule has 116 valence electrons. The molecular formula is C16H22N6. The van der Waals surface area contributed by atoms with Crippen molar-refractivity contribution in [3.05, 3.63) is 36.2 Å². The summed E-state index contributed by atoms with van der Waals surface area (Å²) in [6.07, 6.45) is 6.51. The molecule has 1 saturated heterocycles. The van der Waals surface area contributed by atoms with Gasteiger partial charge in [-0.3, -0.25) is 5.10 Å². The fourth-order valence-electron chi connectivity index (χ4n) is 2.73. The van der Waals surface area contributed by atoms with Crippen LogP contribution in [-0.4, -0.2) is 39.1 Å². The highest BCUT2D eigenvalue weighted by atomic mass is 15.2. The van der Waals surface area contributed by atoms with Crippen molar-refractivity contribution in [1.29, 1.82) is 0 Å². The Morgan fingerprint density at radius 3 is 2.77 bits per heavy atom. The number of guanidine groups is 1. The Morgan fingerprint density at radius 2 is 2.05 bits per heavy atom. The first kappa shape index (κ1) is 14.6. The molecule has 0 bridgehead atoms. The molecule has 1 aromatic carbocycles. The first-order chi connectivity index (χ1) is 10.8. The molecule has 1 aliphatic heterocycles. The van der Waals surface area contributed by atoms with Crippen molar-refractivity contribution in [2.24, 2.45) is 10.7 Å². The second-order valence-electron chi connectivity index (χ2n) is 5.61. The molecule has 0 saturated carbocycles. The normalized spacial score (nSPS) is 16.5. The number of nitrogens with two attached hydrogens (primary N) is 1. The molecule has 2 heterocycles. The predicted molar refractivity (Wildman–Crippen MR) is 87.2 cm³/mol. The van der Waals surface area contributed by atoms with Gasteiger partial charge in [-0.05, 0) is 24.5 Å². The minimum Gasteiger partial charge on any atom is -0.370 e. The first-order valence-corrected chi connectivity index (χ1v) is 7.82. The standard InChI is InChI=1S/C16H22N6/c17-16(22-8-3-1-2-4-9-22)18-11-13-6-5-7-14(10-13)15-19-12-20-21-15/h5-7,10,12H,1-4,8-9,11H2,(H2,17,18)(H,19,20,21). The number of likely N-dealkylation sites (tertiary alicyclic amines) is 1. The molecule has 3 N–H and O–H groups in total. The summed E-state index contributed by atoms with van der Waals surface area (Å²) in [7, 11) is 0. The lowest BCUT2D eigenvalue weighted by Crippen LogP contribution is -2.38. The van der Waals surface area contributed by atoms with Gasteiger partial charge in [0, 0.05) is 18.7 Å². The van der Waals surface area contributed by atoms with Gasteiger partial charge < -0.3 is 10.6 Å². The number of H-pyrrole nitrogens is 1. The summed E-state index contributed by atoms with van der Waals surface area (Å²) < 4.78 is 0. The van der Waals surface area contributed by atoms with Crippen LogP contribution in [0.2, 0.25) is 0 Å². The number of nitrogens with one attached hydrogen (secondary N) is 1. The van der Waals surface area contributed by atoms with Crippen molar-refractivity contribution < 1.29 is 0 Å². The Morgan fingerprint density at radius 1 is 1.23 bits per heavy atom. The van der Waals surface area contributed by atoms with Gasteiger partial charge in [-0.15, -0.1) is 0 Å². The predicted octanol–water partition coefficient (Wildman–Crippen LogP) is 2.16. The number of hydrogen-bond acceptors (Lipinski definition) is 3. The van der Waals surface area contributed by atoms with E-state index in [1.54, 1.807) is 0 Å². The van der Waals surface area contributed by atoms with E-state index in [9.17, 15) is 0 Å². The van der Waals surface area contributed by atoms with E-state index in [0.29, 0.717) is 12.5 Å². The van der Waals surface area contributed by atoms with Crippen molar-refractivity contribution in [2.75, 3.05) is 13.1 Å². The Labute approximate surface area is 130 Å². The number of aromatic amines is 1. The topological polar surface area (TPSA) is 83.2 Å². The van der Waals surface area contributed by atoms with Gasteiger partial charge in [0.1, 0.15) is 6.33 Å². The first-order valence-electron chi connectivity index (χ1n) is 7.82. The SMILES string of the molecule is NC(=NCc1cccc(-c2ncn[nH]2)c1)N1CCCCCC1. The number of nitrogens with zero attached hydrogens (tertiary/aromatic N) is 4. The van der Waals surface area contributed by atoms with Crippen molar-refractivity contribution in [1.82, 2.24) is 20.1 Å². The zero-order chi connectivity index (χ0) is 15.2. The van der Waals surface area contributed by atoms with Crippen LogP contribution in [0.25, 0.3) is 11.4 Å². The molecule has 1 aromatic heterocycles. The zero-order valence-electron chi connectivity index (χ0n) is 12.7. The number of rotatable bonds is 3. The van der Waals surface area contributed by atoms with Crippen LogP contribution < -0.4 is 5.73 Å². The summed E-state index contributed by atoms with van der Waals surface area (Å²) in [5.74, 6) is 1.43. The summed E-state index contributed by atoms with van der Waals surface area (Å²) in [4.78, 5) is 10.9. The average Bonchev–Trinajstić information content (AvgIpc) is 2.95. The molecule has 0 atom stereocenters. The lowest BCUT2D eigenvalue weighted by molar-refractivity contribution is 0.428. The van der Waals surface area contributed by atoms with Crippen molar-refractivity contribution in [3.63, 3.8) is 0 Å². The largest absolute Gasteiger partial charge is 0.370 e. The molecule has 1 aliphatic rings. The highest BCUT2D eigenvalue weighted by Gasteiger charge is 2.10. The number of aromatic nitrogens is 3. The summed E-state index contributed by atoms with van der Waals surface area (Å²) in [5, 5.41) is 6.76. The summed E-state index contributed by atoms with van der Waals surface area (Å²) in [6.45, 7) is 2.63. The van der Waals surface area contributed by atoms with Gasteiger partial charge >= 0.3 is 0 Å². The molecule has 6 heteroatoms. The van der Waals surface area contributed by atoms with Crippen molar-refractivity contribution in [3.8, 4) is 11.4 Å². The maximum atomic E-state index is 6.15. The van der Waals surface area contributed by atoms with Crippen LogP contribution in [0, 0.1) is 0 Å². The van der Waals surface area contributed by atoms with Crippen LogP contribution in [0.1, 0.15) is 31.2 Å². The summed E-state index contributed by atoms with van der Waals surface area (Å²) in [5.41, 5.74) is 8.28. The molecule has 6 nitrogen and oxygen atoms in total. The van der Waals surface area contributed by atoms with Crippen LogP contribution in [0.3, 0.4) is 0 Å². The molecule has 0 spiro atoms. The number of hydrogen-bond donors (Lipinski definition) is 2. The smallest absolute Gasteiger partial charge is 0.191 e. The van der Waals surface area contributed by atoms with E-state index in [4.69, 9.17) is 5.73 Å². The second kappa shape index (κ2) is 7.06. The number of aliphatic imine (C=N–C) groups is 1. The van der Waals surface area contributed by atoms with Crippen LogP contribution in [0.5, 0.6) is 0 Å². The van der Waals surface area contributed by atoms with Gasteiger partial charge in [-0.1, -0.05) is 31.0 Å². The molecule has 1 fully saturated rings. The van der Waals surface area contributed by atoms with E-state index in [1.807, 2.05) is 12.1 Å². The van der Waals surface area contributed by atoms with Crippen LogP contribution in [0.15, 0.2) is 35.6 Å². The molecule has 22 heavy (non-hydrogen) atoms. The maximum Gasteiger partial charge on any atom is 0.191 e. The lowest BCUT2D eigenvalue weighted by atomic mass is 10.1.